The van der Waals surface area contributed by atoms with E-state index in [2.05, 4.69) is 20.9 Å². The second kappa shape index (κ2) is 5.98. The van der Waals surface area contributed by atoms with Gasteiger partial charge in [0.1, 0.15) is 5.82 Å². The van der Waals surface area contributed by atoms with Crippen molar-refractivity contribution in [1.82, 2.24) is 9.88 Å². The molecule has 17 heavy (non-hydrogen) atoms. The molecule has 4 nitrogen and oxygen atoms in total. The van der Waals surface area contributed by atoms with E-state index in [-0.39, 0.29) is 6.10 Å². The fraction of sp³-hybridized carbons (Fsp3) is 0.615. The summed E-state index contributed by atoms with van der Waals surface area (Å²) in [5.41, 5.74) is 0. The molecule has 0 bridgehead atoms. The van der Waals surface area contributed by atoms with Crippen molar-refractivity contribution in [3.8, 4) is 0 Å². The van der Waals surface area contributed by atoms with Gasteiger partial charge in [-0.3, -0.25) is 4.90 Å². The molecule has 1 aliphatic heterocycles. The Morgan fingerprint density at radius 1 is 1.29 bits per heavy atom. The highest BCUT2D eigenvalue weighted by atomic mass is 16.3. The molecule has 94 valence electrons. The first-order valence-electron chi connectivity index (χ1n) is 6.32. The van der Waals surface area contributed by atoms with Crippen LogP contribution in [-0.4, -0.2) is 53.8 Å². The minimum atomic E-state index is -0.191. The zero-order valence-corrected chi connectivity index (χ0v) is 10.4. The number of aliphatic hydroxyl groups excluding tert-OH is 1. The number of aromatic nitrogens is 1. The van der Waals surface area contributed by atoms with Crippen molar-refractivity contribution >= 4 is 5.82 Å². The number of hydrogen-bond donors (Lipinski definition) is 1. The molecule has 4 heteroatoms. The van der Waals surface area contributed by atoms with Gasteiger partial charge >= 0.3 is 0 Å². The third kappa shape index (κ3) is 3.68. The lowest BCUT2D eigenvalue weighted by Crippen LogP contribution is -2.47. The van der Waals surface area contributed by atoms with E-state index < -0.39 is 0 Å². The van der Waals surface area contributed by atoms with Gasteiger partial charge < -0.3 is 10.0 Å². The molecular formula is C13H21N3O. The Labute approximate surface area is 103 Å². The largest absolute Gasteiger partial charge is 0.393 e. The van der Waals surface area contributed by atoms with Gasteiger partial charge in [0.25, 0.3) is 0 Å². The van der Waals surface area contributed by atoms with Crippen molar-refractivity contribution in [1.29, 1.82) is 0 Å². The smallest absolute Gasteiger partial charge is 0.128 e. The summed E-state index contributed by atoms with van der Waals surface area (Å²) in [6.45, 7) is 7.01. The van der Waals surface area contributed by atoms with E-state index >= 15 is 0 Å². The summed E-state index contributed by atoms with van der Waals surface area (Å²) in [5, 5.41) is 9.27. The van der Waals surface area contributed by atoms with Crippen LogP contribution in [-0.2, 0) is 0 Å². The number of rotatable bonds is 4. The van der Waals surface area contributed by atoms with E-state index in [1.807, 2.05) is 25.3 Å². The first-order chi connectivity index (χ1) is 8.25. The molecule has 0 radical (unpaired) electrons. The molecule has 0 spiro atoms. The molecule has 0 saturated carbocycles. The lowest BCUT2D eigenvalue weighted by molar-refractivity contribution is 0.153. The highest BCUT2D eigenvalue weighted by Gasteiger charge is 2.17. The first-order valence-corrected chi connectivity index (χ1v) is 6.32. The fourth-order valence-corrected chi connectivity index (χ4v) is 2.11. The Kier molecular flexibility index (Phi) is 4.34. The van der Waals surface area contributed by atoms with Crippen LogP contribution >= 0.6 is 0 Å². The molecule has 1 aromatic heterocycles. The first kappa shape index (κ1) is 12.3. The van der Waals surface area contributed by atoms with Crippen LogP contribution in [0.25, 0.3) is 0 Å². The number of piperazine rings is 1. The summed E-state index contributed by atoms with van der Waals surface area (Å²) in [4.78, 5) is 9.10. The summed E-state index contributed by atoms with van der Waals surface area (Å²) in [7, 11) is 0. The van der Waals surface area contributed by atoms with Crippen molar-refractivity contribution in [2.45, 2.75) is 19.4 Å². The van der Waals surface area contributed by atoms with Crippen molar-refractivity contribution in [3.05, 3.63) is 24.4 Å². The number of pyridine rings is 1. The Hall–Kier alpha value is -1.13. The monoisotopic (exact) mass is 235 g/mol. The normalized spacial score (nSPS) is 19.3. The predicted octanol–water partition coefficient (Wildman–Crippen LogP) is 0.974. The molecule has 1 saturated heterocycles. The highest BCUT2D eigenvalue weighted by Crippen LogP contribution is 2.12. The van der Waals surface area contributed by atoms with Gasteiger partial charge in [0.2, 0.25) is 0 Å². The van der Waals surface area contributed by atoms with E-state index in [9.17, 15) is 5.11 Å². The van der Waals surface area contributed by atoms with Crippen LogP contribution in [0.15, 0.2) is 24.4 Å². The molecule has 0 aliphatic carbocycles. The van der Waals surface area contributed by atoms with Gasteiger partial charge in [0.05, 0.1) is 6.10 Å². The number of nitrogens with zero attached hydrogens (tertiary/aromatic N) is 3. The average molecular weight is 235 g/mol. The van der Waals surface area contributed by atoms with Crippen LogP contribution in [0.5, 0.6) is 0 Å². The van der Waals surface area contributed by atoms with Gasteiger partial charge in [0.15, 0.2) is 0 Å². The molecule has 2 heterocycles. The second-order valence-corrected chi connectivity index (χ2v) is 4.65. The third-order valence-electron chi connectivity index (χ3n) is 3.21. The topological polar surface area (TPSA) is 39.6 Å². The van der Waals surface area contributed by atoms with Crippen LogP contribution in [0.1, 0.15) is 13.3 Å². The van der Waals surface area contributed by atoms with Crippen LogP contribution < -0.4 is 4.90 Å². The van der Waals surface area contributed by atoms with Crippen LogP contribution in [0.2, 0.25) is 0 Å². The average Bonchev–Trinajstić information content (AvgIpc) is 2.38. The summed E-state index contributed by atoms with van der Waals surface area (Å²) >= 11 is 0. The van der Waals surface area contributed by atoms with Gasteiger partial charge in [-0.15, -0.1) is 0 Å². The van der Waals surface area contributed by atoms with E-state index in [0.29, 0.717) is 0 Å². The van der Waals surface area contributed by atoms with E-state index in [1.165, 1.54) is 0 Å². The molecule has 1 atom stereocenters. The standard InChI is InChI=1S/C13H21N3O/c1-12(17)5-7-15-8-10-16(11-9-15)13-4-2-3-6-14-13/h2-4,6,12,17H,5,7-11H2,1H3. The zero-order valence-electron chi connectivity index (χ0n) is 10.4. The van der Waals surface area contributed by atoms with Crippen LogP contribution in [0, 0.1) is 0 Å². The SMILES string of the molecule is CC(O)CCN1CCN(c2ccccn2)CC1. The molecule has 0 aromatic carbocycles. The summed E-state index contributed by atoms with van der Waals surface area (Å²) in [6.07, 6.45) is 2.52. The molecule has 0 amide bonds. The Balaban J connectivity index is 1.78. The quantitative estimate of drug-likeness (QED) is 0.844. The number of hydrogen-bond acceptors (Lipinski definition) is 4. The van der Waals surface area contributed by atoms with E-state index in [1.54, 1.807) is 0 Å². The van der Waals surface area contributed by atoms with Crippen molar-refractivity contribution in [2.24, 2.45) is 0 Å². The summed E-state index contributed by atoms with van der Waals surface area (Å²) in [6, 6.07) is 6.04. The number of aliphatic hydroxyl groups is 1. The van der Waals surface area contributed by atoms with Crippen LogP contribution in [0.4, 0.5) is 5.82 Å². The lowest BCUT2D eigenvalue weighted by atomic mass is 10.2. The van der Waals surface area contributed by atoms with Crippen molar-refractivity contribution in [2.75, 3.05) is 37.6 Å². The lowest BCUT2D eigenvalue weighted by Gasteiger charge is -2.35. The van der Waals surface area contributed by atoms with Gasteiger partial charge in [0, 0.05) is 38.9 Å². The third-order valence-corrected chi connectivity index (χ3v) is 3.21. The fourth-order valence-electron chi connectivity index (χ4n) is 2.11. The Morgan fingerprint density at radius 3 is 2.65 bits per heavy atom. The van der Waals surface area contributed by atoms with E-state index in [0.717, 1.165) is 45.0 Å². The number of anilines is 1. The van der Waals surface area contributed by atoms with Gasteiger partial charge in [-0.1, -0.05) is 6.07 Å². The minimum Gasteiger partial charge on any atom is -0.393 e. The van der Waals surface area contributed by atoms with Crippen LogP contribution in [0.3, 0.4) is 0 Å². The second-order valence-electron chi connectivity index (χ2n) is 4.65. The maximum Gasteiger partial charge on any atom is 0.128 e. The molecule has 1 aliphatic rings. The molecule has 2 rings (SSSR count). The predicted molar refractivity (Wildman–Crippen MR) is 69.2 cm³/mol. The molecule has 1 N–H and O–H groups in total. The molecule has 1 unspecified atom stereocenters. The van der Waals surface area contributed by atoms with E-state index in [4.69, 9.17) is 0 Å². The summed E-state index contributed by atoms with van der Waals surface area (Å²) in [5.74, 6) is 1.07. The van der Waals surface area contributed by atoms with Gasteiger partial charge in [-0.25, -0.2) is 4.98 Å². The maximum atomic E-state index is 9.27. The highest BCUT2D eigenvalue weighted by molar-refractivity contribution is 5.38. The Bertz CT molecular complexity index is 321. The molecular weight excluding hydrogens is 214 g/mol. The Morgan fingerprint density at radius 2 is 2.06 bits per heavy atom. The molecule has 1 aromatic rings. The zero-order chi connectivity index (χ0) is 12.1. The van der Waals surface area contributed by atoms with Crippen molar-refractivity contribution < 1.29 is 5.11 Å². The minimum absolute atomic E-state index is 0.191. The molecule has 1 fully saturated rings. The van der Waals surface area contributed by atoms with Crippen molar-refractivity contribution in [3.63, 3.8) is 0 Å². The summed E-state index contributed by atoms with van der Waals surface area (Å²) < 4.78 is 0. The van der Waals surface area contributed by atoms with Gasteiger partial charge in [-0.05, 0) is 25.5 Å². The maximum absolute atomic E-state index is 9.27. The van der Waals surface area contributed by atoms with Gasteiger partial charge in [-0.2, -0.15) is 0 Å².